The fourth-order valence-electron chi connectivity index (χ4n) is 4.92. The van der Waals surface area contributed by atoms with E-state index in [9.17, 15) is 0 Å². The van der Waals surface area contributed by atoms with E-state index in [2.05, 4.69) is 133 Å². The molecule has 150 valence electrons. The summed E-state index contributed by atoms with van der Waals surface area (Å²) in [5.74, 6) is 0. The van der Waals surface area contributed by atoms with Crippen LogP contribution in [0.3, 0.4) is 0 Å². The predicted molar refractivity (Wildman–Crippen MR) is 135 cm³/mol. The van der Waals surface area contributed by atoms with E-state index in [0.717, 1.165) is 12.8 Å². The number of allylic oxidation sites excluding steroid dienone is 4. The molecule has 0 radical (unpaired) electrons. The summed E-state index contributed by atoms with van der Waals surface area (Å²) in [5, 5.41) is 5.93. The second kappa shape index (κ2) is 8.75. The van der Waals surface area contributed by atoms with Crippen LogP contribution in [0, 0.1) is 0 Å². The Labute approximate surface area is 186 Å². The molecule has 0 saturated heterocycles. The first-order chi connectivity index (χ1) is 15.4. The fraction of sp³-hybridized carbons (Fsp3) is 0.0667. The van der Waals surface area contributed by atoms with Crippen LogP contribution in [0.1, 0.15) is 12.0 Å². The van der Waals surface area contributed by atoms with Gasteiger partial charge in [0.2, 0.25) is 0 Å². The largest absolute Gasteiger partial charge is 0.175 e. The van der Waals surface area contributed by atoms with Gasteiger partial charge in [0.25, 0.3) is 0 Å². The van der Waals surface area contributed by atoms with Crippen LogP contribution in [-0.2, 0) is 6.42 Å². The Bertz CT molecular complexity index is 1090. The Balaban J connectivity index is 1.69. The zero-order valence-corrected chi connectivity index (χ0v) is 18.6. The van der Waals surface area contributed by atoms with E-state index in [1.165, 1.54) is 26.7 Å². The quantitative estimate of drug-likeness (QED) is 0.301. The van der Waals surface area contributed by atoms with E-state index in [4.69, 9.17) is 0 Å². The Morgan fingerprint density at radius 1 is 0.516 bits per heavy atom. The first-order valence-corrected chi connectivity index (χ1v) is 13.0. The maximum atomic E-state index is 2.51. The fourth-order valence-corrected chi connectivity index (χ4v) is 9.92. The van der Waals surface area contributed by atoms with E-state index in [1.807, 2.05) is 0 Å². The van der Waals surface area contributed by atoms with Gasteiger partial charge >= 0.3 is 0 Å². The van der Waals surface area contributed by atoms with E-state index >= 15 is 0 Å². The summed E-state index contributed by atoms with van der Waals surface area (Å²) in [7, 11) is -2.34. The molecule has 0 spiro atoms. The Kier molecular flexibility index (Phi) is 5.51. The molecule has 0 aromatic heterocycles. The van der Waals surface area contributed by atoms with Crippen molar-refractivity contribution in [2.24, 2.45) is 0 Å². The minimum atomic E-state index is -2.34. The van der Waals surface area contributed by atoms with Crippen molar-refractivity contribution in [2.45, 2.75) is 12.8 Å². The van der Waals surface area contributed by atoms with Crippen molar-refractivity contribution >= 4 is 23.6 Å². The van der Waals surface area contributed by atoms with Crippen LogP contribution in [0.25, 0.3) is 0 Å². The Morgan fingerprint density at radius 2 is 0.935 bits per heavy atom. The van der Waals surface area contributed by atoms with Gasteiger partial charge in [-0.05, 0) is 39.5 Å². The van der Waals surface area contributed by atoms with Gasteiger partial charge in [0.1, 0.15) is 0 Å². The molecule has 0 unspecified atom stereocenters. The van der Waals surface area contributed by atoms with E-state index in [0.29, 0.717) is 0 Å². The highest BCUT2D eigenvalue weighted by Gasteiger charge is 2.43. The molecule has 4 aromatic rings. The van der Waals surface area contributed by atoms with Crippen molar-refractivity contribution in [1.29, 1.82) is 0 Å². The standard InChI is InChI=1S/C30H26Si/c1-5-13-25(14-6-1)23-26-21-22-30(24-26)31(27-15-7-2-8-16-27,28-17-9-3-10-18-28)29-19-11-4-12-20-29/h1-21,24H,22-23H2. The molecule has 31 heavy (non-hydrogen) atoms. The van der Waals surface area contributed by atoms with Crippen molar-refractivity contribution in [3.05, 3.63) is 150 Å². The average molecular weight is 415 g/mol. The number of hydrogen-bond donors (Lipinski definition) is 0. The molecule has 0 amide bonds. The zero-order valence-electron chi connectivity index (χ0n) is 17.6. The third-order valence-corrected chi connectivity index (χ3v) is 11.2. The summed E-state index contributed by atoms with van der Waals surface area (Å²) in [6, 6.07) is 44.3. The molecule has 5 rings (SSSR count). The van der Waals surface area contributed by atoms with Gasteiger partial charge in [-0.25, -0.2) is 0 Å². The van der Waals surface area contributed by atoms with Crippen molar-refractivity contribution in [1.82, 2.24) is 0 Å². The molecule has 0 saturated carbocycles. The smallest absolute Gasteiger partial charge is 0.0773 e. The second-order valence-corrected chi connectivity index (χ2v) is 12.0. The third-order valence-electron chi connectivity index (χ3n) is 6.30. The SMILES string of the molecule is C1=C(Cc2ccccc2)C=C([Si](c2ccccc2)(c2ccccc2)c2ccccc2)C1. The van der Waals surface area contributed by atoms with Gasteiger partial charge in [0.05, 0.1) is 0 Å². The molecule has 0 fully saturated rings. The summed E-state index contributed by atoms with van der Waals surface area (Å²) in [4.78, 5) is 0. The lowest BCUT2D eigenvalue weighted by Crippen LogP contribution is -2.68. The third kappa shape index (κ3) is 3.73. The molecule has 0 heterocycles. The number of benzene rings is 4. The maximum Gasteiger partial charge on any atom is 0.175 e. The highest BCUT2D eigenvalue weighted by atomic mass is 28.3. The van der Waals surface area contributed by atoms with Crippen molar-refractivity contribution in [2.75, 3.05) is 0 Å². The van der Waals surface area contributed by atoms with E-state index < -0.39 is 8.07 Å². The molecule has 1 heteroatoms. The van der Waals surface area contributed by atoms with Gasteiger partial charge in [-0.1, -0.05) is 139 Å². The van der Waals surface area contributed by atoms with Gasteiger partial charge in [-0.15, -0.1) is 0 Å². The number of hydrogen-bond acceptors (Lipinski definition) is 0. The normalized spacial score (nSPS) is 13.5. The molecule has 0 aliphatic heterocycles. The topological polar surface area (TPSA) is 0 Å². The molecule has 1 aliphatic rings. The highest BCUT2D eigenvalue weighted by molar-refractivity contribution is 7.16. The first-order valence-electron chi connectivity index (χ1n) is 11.0. The molecule has 0 bridgehead atoms. The highest BCUT2D eigenvalue weighted by Crippen LogP contribution is 2.29. The van der Waals surface area contributed by atoms with E-state index in [-0.39, 0.29) is 0 Å². The van der Waals surface area contributed by atoms with Crippen LogP contribution >= 0.6 is 0 Å². The molecular weight excluding hydrogens is 388 g/mol. The van der Waals surface area contributed by atoms with Gasteiger partial charge in [-0.3, -0.25) is 0 Å². The molecule has 0 N–H and O–H groups in total. The summed E-state index contributed by atoms with van der Waals surface area (Å²) in [6.07, 6.45) is 6.96. The maximum absolute atomic E-state index is 2.51. The van der Waals surface area contributed by atoms with Crippen LogP contribution in [-0.4, -0.2) is 8.07 Å². The summed E-state index contributed by atoms with van der Waals surface area (Å²) in [5.41, 5.74) is 2.80. The van der Waals surface area contributed by atoms with Gasteiger partial charge in [0, 0.05) is 0 Å². The van der Waals surface area contributed by atoms with Crippen molar-refractivity contribution in [3.63, 3.8) is 0 Å². The lowest BCUT2D eigenvalue weighted by atomic mass is 10.1. The first kappa shape index (κ1) is 19.5. The number of rotatable bonds is 6. The van der Waals surface area contributed by atoms with Crippen molar-refractivity contribution < 1.29 is 0 Å². The summed E-state index contributed by atoms with van der Waals surface area (Å²) >= 11 is 0. The van der Waals surface area contributed by atoms with Crippen LogP contribution < -0.4 is 15.6 Å². The van der Waals surface area contributed by atoms with Gasteiger partial charge < -0.3 is 0 Å². The Morgan fingerprint density at radius 3 is 1.39 bits per heavy atom. The van der Waals surface area contributed by atoms with Crippen LogP contribution in [0.2, 0.25) is 0 Å². The Hall–Kier alpha value is -3.42. The lowest BCUT2D eigenvalue weighted by Gasteiger charge is -2.35. The summed E-state index contributed by atoms with van der Waals surface area (Å²) < 4.78 is 0. The molecule has 4 aromatic carbocycles. The molecule has 0 nitrogen and oxygen atoms in total. The van der Waals surface area contributed by atoms with Gasteiger partial charge in [-0.2, -0.15) is 0 Å². The van der Waals surface area contributed by atoms with Crippen LogP contribution in [0.5, 0.6) is 0 Å². The van der Waals surface area contributed by atoms with E-state index in [1.54, 1.807) is 5.20 Å². The zero-order chi connectivity index (χ0) is 20.9. The van der Waals surface area contributed by atoms with Crippen LogP contribution in [0.4, 0.5) is 0 Å². The van der Waals surface area contributed by atoms with Crippen molar-refractivity contribution in [3.8, 4) is 0 Å². The predicted octanol–water partition coefficient (Wildman–Crippen LogP) is 5.20. The molecule has 0 atom stereocenters. The lowest BCUT2D eigenvalue weighted by molar-refractivity contribution is 1.20. The minimum absolute atomic E-state index is 0.993. The second-order valence-electron chi connectivity index (χ2n) is 8.16. The minimum Gasteiger partial charge on any atom is -0.0773 e. The van der Waals surface area contributed by atoms with Gasteiger partial charge in [0.15, 0.2) is 8.07 Å². The average Bonchev–Trinajstić information content (AvgIpc) is 3.31. The molecule has 1 aliphatic carbocycles. The monoisotopic (exact) mass is 414 g/mol. The summed E-state index contributed by atoms with van der Waals surface area (Å²) in [6.45, 7) is 0. The van der Waals surface area contributed by atoms with Crippen LogP contribution in [0.15, 0.2) is 144 Å². The molecular formula is C30H26Si.